The summed E-state index contributed by atoms with van der Waals surface area (Å²) in [5.41, 5.74) is 0. The van der Waals surface area contributed by atoms with Gasteiger partial charge in [0.25, 0.3) is 0 Å². The fourth-order valence-electron chi connectivity index (χ4n) is 2.86. The van der Waals surface area contributed by atoms with Gasteiger partial charge < -0.3 is 14.4 Å². The molecule has 2 aliphatic rings. The van der Waals surface area contributed by atoms with Crippen LogP contribution in [0.5, 0.6) is 11.5 Å². The Morgan fingerprint density at radius 2 is 2.05 bits per heavy atom. The molecule has 1 aliphatic carbocycles. The molecule has 1 fully saturated rings. The van der Waals surface area contributed by atoms with Crippen LogP contribution in [0.25, 0.3) is 0 Å². The molecule has 0 saturated heterocycles. The van der Waals surface area contributed by atoms with E-state index in [1.807, 2.05) is 29.2 Å². The van der Waals surface area contributed by atoms with Crippen molar-refractivity contribution in [1.29, 1.82) is 0 Å². The lowest BCUT2D eigenvalue weighted by atomic mass is 10.2. The van der Waals surface area contributed by atoms with E-state index in [4.69, 9.17) is 9.47 Å². The molecule has 0 bridgehead atoms. The second-order valence-corrected chi connectivity index (χ2v) is 6.10. The third-order valence-corrected chi connectivity index (χ3v) is 4.22. The third-order valence-electron chi connectivity index (χ3n) is 4.22. The maximum absolute atomic E-state index is 12.5. The van der Waals surface area contributed by atoms with Gasteiger partial charge in [0.1, 0.15) is 6.61 Å². The molecule has 1 amide bonds. The van der Waals surface area contributed by atoms with Crippen molar-refractivity contribution < 1.29 is 14.3 Å². The highest BCUT2D eigenvalue weighted by Gasteiger charge is 2.42. The minimum atomic E-state index is -0.0792. The van der Waals surface area contributed by atoms with Crippen molar-refractivity contribution in [3.8, 4) is 11.5 Å². The molecule has 4 nitrogen and oxygen atoms in total. The average Bonchev–Trinajstić information content (AvgIpc) is 3.23. The number of carbonyl (C=O) groups is 1. The van der Waals surface area contributed by atoms with Gasteiger partial charge in [-0.3, -0.25) is 4.79 Å². The van der Waals surface area contributed by atoms with E-state index in [0.29, 0.717) is 19.1 Å². The predicted octanol–water partition coefficient (Wildman–Crippen LogP) is 2.72. The molecule has 3 atom stereocenters. The molecule has 4 heteroatoms. The number of amides is 1. The van der Waals surface area contributed by atoms with Gasteiger partial charge in [-0.05, 0) is 30.9 Å². The Morgan fingerprint density at radius 1 is 1.33 bits per heavy atom. The number of ether oxygens (including phenoxy) is 2. The van der Waals surface area contributed by atoms with E-state index in [9.17, 15) is 4.79 Å². The summed E-state index contributed by atoms with van der Waals surface area (Å²) in [4.78, 5) is 14.4. The van der Waals surface area contributed by atoms with Crippen LogP contribution in [0.4, 0.5) is 0 Å². The van der Waals surface area contributed by atoms with Crippen LogP contribution in [-0.4, -0.2) is 36.6 Å². The zero-order valence-corrected chi connectivity index (χ0v) is 12.7. The standard InChI is InChI=1S/C17H23NO3/c1-3-8-18(17(19)14-9-12(14)2)10-13-11-20-15-6-4-5-7-16(15)21-13/h4-7,12-14H,3,8-11H2,1-2H3. The molecule has 1 aromatic rings. The number of hydrogen-bond acceptors (Lipinski definition) is 3. The molecule has 1 aromatic carbocycles. The number of para-hydroxylation sites is 2. The van der Waals surface area contributed by atoms with Gasteiger partial charge >= 0.3 is 0 Å². The summed E-state index contributed by atoms with van der Waals surface area (Å²) < 4.78 is 11.7. The number of hydrogen-bond donors (Lipinski definition) is 0. The second-order valence-electron chi connectivity index (χ2n) is 6.10. The SMILES string of the molecule is CCCN(CC1COc2ccccc2O1)C(=O)C1CC1C. The van der Waals surface area contributed by atoms with Gasteiger partial charge in [0.15, 0.2) is 17.6 Å². The van der Waals surface area contributed by atoms with Gasteiger partial charge in [-0.15, -0.1) is 0 Å². The van der Waals surface area contributed by atoms with Gasteiger partial charge in [-0.1, -0.05) is 26.0 Å². The van der Waals surface area contributed by atoms with Crippen LogP contribution in [0, 0.1) is 11.8 Å². The van der Waals surface area contributed by atoms with E-state index in [2.05, 4.69) is 13.8 Å². The monoisotopic (exact) mass is 289 g/mol. The molecule has 3 unspecified atom stereocenters. The second kappa shape index (κ2) is 5.96. The topological polar surface area (TPSA) is 38.8 Å². The number of fused-ring (bicyclic) bond motifs is 1. The average molecular weight is 289 g/mol. The Hall–Kier alpha value is -1.71. The molecule has 21 heavy (non-hydrogen) atoms. The summed E-state index contributed by atoms with van der Waals surface area (Å²) >= 11 is 0. The van der Waals surface area contributed by atoms with E-state index in [0.717, 1.165) is 30.9 Å². The number of benzene rings is 1. The fourth-order valence-corrected chi connectivity index (χ4v) is 2.86. The molecule has 1 heterocycles. The molecule has 114 valence electrons. The Labute approximate surface area is 126 Å². The predicted molar refractivity (Wildman–Crippen MR) is 80.5 cm³/mol. The van der Waals surface area contributed by atoms with Crippen molar-refractivity contribution in [2.24, 2.45) is 11.8 Å². The van der Waals surface area contributed by atoms with Crippen LogP contribution in [-0.2, 0) is 4.79 Å². The van der Waals surface area contributed by atoms with E-state index >= 15 is 0 Å². The highest BCUT2D eigenvalue weighted by atomic mass is 16.6. The molecule has 0 spiro atoms. The number of rotatable bonds is 5. The maximum Gasteiger partial charge on any atom is 0.226 e. The lowest BCUT2D eigenvalue weighted by Gasteiger charge is -2.31. The van der Waals surface area contributed by atoms with Gasteiger partial charge in [0.2, 0.25) is 5.91 Å². The minimum absolute atomic E-state index is 0.0792. The van der Waals surface area contributed by atoms with Crippen LogP contribution in [0.1, 0.15) is 26.7 Å². The summed E-state index contributed by atoms with van der Waals surface area (Å²) in [7, 11) is 0. The van der Waals surface area contributed by atoms with Crippen LogP contribution in [0.2, 0.25) is 0 Å². The largest absolute Gasteiger partial charge is 0.486 e. The molecular formula is C17H23NO3. The van der Waals surface area contributed by atoms with E-state index < -0.39 is 0 Å². The highest BCUT2D eigenvalue weighted by molar-refractivity contribution is 5.81. The van der Waals surface area contributed by atoms with Crippen LogP contribution < -0.4 is 9.47 Å². The molecule has 3 rings (SSSR count). The Bertz CT molecular complexity index is 517. The van der Waals surface area contributed by atoms with Crippen molar-refractivity contribution >= 4 is 5.91 Å². The zero-order chi connectivity index (χ0) is 14.8. The van der Waals surface area contributed by atoms with Crippen molar-refractivity contribution in [1.82, 2.24) is 4.90 Å². The van der Waals surface area contributed by atoms with Crippen LogP contribution in [0.3, 0.4) is 0 Å². The first kappa shape index (κ1) is 14.2. The van der Waals surface area contributed by atoms with Crippen LogP contribution in [0.15, 0.2) is 24.3 Å². The first-order valence-electron chi connectivity index (χ1n) is 7.86. The van der Waals surface area contributed by atoms with Crippen molar-refractivity contribution in [3.63, 3.8) is 0 Å². The number of nitrogens with zero attached hydrogens (tertiary/aromatic N) is 1. The lowest BCUT2D eigenvalue weighted by Crippen LogP contribution is -2.44. The van der Waals surface area contributed by atoms with Gasteiger partial charge in [0, 0.05) is 12.5 Å². The van der Waals surface area contributed by atoms with Crippen molar-refractivity contribution in [2.75, 3.05) is 19.7 Å². The third kappa shape index (κ3) is 3.14. The van der Waals surface area contributed by atoms with Crippen molar-refractivity contribution in [2.45, 2.75) is 32.8 Å². The first-order valence-corrected chi connectivity index (χ1v) is 7.86. The first-order chi connectivity index (χ1) is 10.2. The molecule has 1 saturated carbocycles. The lowest BCUT2D eigenvalue weighted by molar-refractivity contribution is -0.134. The zero-order valence-electron chi connectivity index (χ0n) is 12.7. The number of carbonyl (C=O) groups excluding carboxylic acids is 1. The van der Waals surface area contributed by atoms with Crippen LogP contribution >= 0.6 is 0 Å². The molecule has 0 N–H and O–H groups in total. The van der Waals surface area contributed by atoms with Crippen molar-refractivity contribution in [3.05, 3.63) is 24.3 Å². The Kier molecular flexibility index (Phi) is 4.04. The van der Waals surface area contributed by atoms with E-state index in [-0.39, 0.29) is 17.9 Å². The fraction of sp³-hybridized carbons (Fsp3) is 0.588. The molecule has 1 aliphatic heterocycles. The molecule has 0 aromatic heterocycles. The summed E-state index contributed by atoms with van der Waals surface area (Å²) in [5, 5.41) is 0. The molecular weight excluding hydrogens is 266 g/mol. The van der Waals surface area contributed by atoms with Gasteiger partial charge in [0.05, 0.1) is 6.54 Å². The van der Waals surface area contributed by atoms with E-state index in [1.54, 1.807) is 0 Å². The maximum atomic E-state index is 12.5. The highest BCUT2D eigenvalue weighted by Crippen LogP contribution is 2.39. The smallest absolute Gasteiger partial charge is 0.226 e. The normalized spacial score (nSPS) is 26.3. The summed E-state index contributed by atoms with van der Waals surface area (Å²) in [6.07, 6.45) is 1.92. The molecule has 0 radical (unpaired) electrons. The van der Waals surface area contributed by atoms with Gasteiger partial charge in [-0.25, -0.2) is 0 Å². The van der Waals surface area contributed by atoms with E-state index in [1.165, 1.54) is 0 Å². The van der Waals surface area contributed by atoms with Gasteiger partial charge in [-0.2, -0.15) is 0 Å². The summed E-state index contributed by atoms with van der Waals surface area (Å²) in [6, 6.07) is 7.69. The Balaban J connectivity index is 1.63. The Morgan fingerprint density at radius 3 is 2.71 bits per heavy atom. The summed E-state index contributed by atoms with van der Waals surface area (Å²) in [6.45, 7) is 6.16. The quantitative estimate of drug-likeness (QED) is 0.836. The minimum Gasteiger partial charge on any atom is -0.486 e. The summed E-state index contributed by atoms with van der Waals surface area (Å²) in [5.74, 6) is 2.62.